The second-order valence-corrected chi connectivity index (χ2v) is 6.78. The van der Waals surface area contributed by atoms with Crippen LogP contribution in [0.2, 0.25) is 0 Å². The zero-order valence-corrected chi connectivity index (χ0v) is 17.0. The van der Waals surface area contributed by atoms with Crippen LogP contribution in [0.25, 0.3) is 0 Å². The number of H-pyrrole nitrogens is 1. The summed E-state index contributed by atoms with van der Waals surface area (Å²) in [5.74, 6) is 0.163. The van der Waals surface area contributed by atoms with Gasteiger partial charge in [-0.15, -0.1) is 0 Å². The van der Waals surface area contributed by atoms with E-state index < -0.39 is 0 Å². The van der Waals surface area contributed by atoms with Gasteiger partial charge in [-0.25, -0.2) is 4.98 Å². The van der Waals surface area contributed by atoms with E-state index in [-0.39, 0.29) is 5.91 Å². The number of hydrogen-bond donors (Lipinski definition) is 2. The summed E-state index contributed by atoms with van der Waals surface area (Å²) in [5.41, 5.74) is 1.06. The molecule has 1 heterocycles. The Labute approximate surface area is 165 Å². The molecule has 0 bridgehead atoms. The monoisotopic (exact) mass is 371 g/mol. The SMILES string of the molecule is CC/C=C\C/C=C\C/C=C\CCCCCCCC(=O)NCCc1cnc[nH]1. The Bertz CT molecular complexity index is 544. The Morgan fingerprint density at radius 3 is 2.44 bits per heavy atom. The molecule has 150 valence electrons. The predicted octanol–water partition coefficient (Wildman–Crippen LogP) is 5.66. The van der Waals surface area contributed by atoms with Gasteiger partial charge in [0, 0.05) is 31.3 Å². The van der Waals surface area contributed by atoms with E-state index in [1.807, 2.05) is 0 Å². The molecule has 0 fully saturated rings. The molecule has 0 saturated heterocycles. The highest BCUT2D eigenvalue weighted by Gasteiger charge is 2.01. The zero-order chi connectivity index (χ0) is 19.4. The molecule has 1 aromatic heterocycles. The molecule has 1 amide bonds. The van der Waals surface area contributed by atoms with Crippen LogP contribution in [0.4, 0.5) is 0 Å². The highest BCUT2D eigenvalue weighted by atomic mass is 16.1. The molecular weight excluding hydrogens is 334 g/mol. The van der Waals surface area contributed by atoms with Gasteiger partial charge in [0.25, 0.3) is 0 Å². The van der Waals surface area contributed by atoms with Crippen molar-refractivity contribution in [1.29, 1.82) is 0 Å². The number of nitrogens with zero attached hydrogens (tertiary/aromatic N) is 1. The average Bonchev–Trinajstić information content (AvgIpc) is 3.18. The van der Waals surface area contributed by atoms with Crippen LogP contribution in [0.3, 0.4) is 0 Å². The van der Waals surface area contributed by atoms with Crippen LogP contribution in [0.15, 0.2) is 49.0 Å². The summed E-state index contributed by atoms with van der Waals surface area (Å²) in [6, 6.07) is 0. The molecule has 4 nitrogen and oxygen atoms in total. The number of amides is 1. The molecule has 0 aromatic carbocycles. The molecule has 27 heavy (non-hydrogen) atoms. The highest BCUT2D eigenvalue weighted by molar-refractivity contribution is 5.75. The fraction of sp³-hybridized carbons (Fsp3) is 0.565. The van der Waals surface area contributed by atoms with Crippen molar-refractivity contribution < 1.29 is 4.79 Å². The lowest BCUT2D eigenvalue weighted by atomic mass is 10.1. The Balaban J connectivity index is 1.83. The lowest BCUT2D eigenvalue weighted by Gasteiger charge is -2.04. The number of aromatic nitrogens is 2. The number of carbonyl (C=O) groups is 1. The second kappa shape index (κ2) is 17.3. The van der Waals surface area contributed by atoms with Gasteiger partial charge in [0.05, 0.1) is 6.33 Å². The van der Waals surface area contributed by atoms with Crippen molar-refractivity contribution >= 4 is 5.91 Å². The average molecular weight is 372 g/mol. The topological polar surface area (TPSA) is 57.8 Å². The normalized spacial score (nSPS) is 11.9. The highest BCUT2D eigenvalue weighted by Crippen LogP contribution is 2.08. The summed E-state index contributed by atoms with van der Waals surface area (Å²) < 4.78 is 0. The number of carbonyl (C=O) groups excluding carboxylic acids is 1. The third-order valence-electron chi connectivity index (χ3n) is 4.33. The van der Waals surface area contributed by atoms with E-state index in [1.165, 1.54) is 19.3 Å². The van der Waals surface area contributed by atoms with E-state index >= 15 is 0 Å². The van der Waals surface area contributed by atoms with Gasteiger partial charge in [0.15, 0.2) is 0 Å². The van der Waals surface area contributed by atoms with Gasteiger partial charge in [0.2, 0.25) is 5.91 Å². The quantitative estimate of drug-likeness (QED) is 0.291. The van der Waals surface area contributed by atoms with Crippen molar-refractivity contribution in [2.24, 2.45) is 0 Å². The Kier molecular flexibility index (Phi) is 14.7. The largest absolute Gasteiger partial charge is 0.356 e. The fourth-order valence-corrected chi connectivity index (χ4v) is 2.75. The minimum Gasteiger partial charge on any atom is -0.356 e. The zero-order valence-electron chi connectivity index (χ0n) is 17.0. The number of allylic oxidation sites excluding steroid dienone is 6. The third-order valence-corrected chi connectivity index (χ3v) is 4.33. The molecule has 1 aromatic rings. The van der Waals surface area contributed by atoms with Crippen LogP contribution in [0, 0.1) is 0 Å². The molecule has 0 aliphatic rings. The first-order chi connectivity index (χ1) is 13.3. The van der Waals surface area contributed by atoms with Crippen LogP contribution >= 0.6 is 0 Å². The molecule has 1 rings (SSSR count). The van der Waals surface area contributed by atoms with E-state index in [1.54, 1.807) is 12.5 Å². The van der Waals surface area contributed by atoms with E-state index in [0.29, 0.717) is 13.0 Å². The number of imidazole rings is 1. The molecule has 2 N–H and O–H groups in total. The summed E-state index contributed by atoms with van der Waals surface area (Å²) >= 11 is 0. The van der Waals surface area contributed by atoms with Crippen molar-refractivity contribution in [3.8, 4) is 0 Å². The summed E-state index contributed by atoms with van der Waals surface area (Å²) in [5, 5.41) is 2.97. The summed E-state index contributed by atoms with van der Waals surface area (Å²) in [6.45, 7) is 2.84. The predicted molar refractivity (Wildman–Crippen MR) is 115 cm³/mol. The lowest BCUT2D eigenvalue weighted by Crippen LogP contribution is -2.25. The molecule has 0 aliphatic heterocycles. The second-order valence-electron chi connectivity index (χ2n) is 6.78. The molecular formula is C23H37N3O. The van der Waals surface area contributed by atoms with Crippen LogP contribution in [-0.2, 0) is 11.2 Å². The van der Waals surface area contributed by atoms with Gasteiger partial charge in [0.1, 0.15) is 0 Å². The standard InChI is InChI=1S/C23H37N3O/c1-2-3-4-5-6-7-8-9-10-11-12-13-14-15-16-17-23(27)25-19-18-22-20-24-21-26-22/h3-4,6-7,9-10,20-21H,2,5,8,11-19H2,1H3,(H,24,26)(H,25,27)/b4-3-,7-6-,10-9-. The summed E-state index contributed by atoms with van der Waals surface area (Å²) in [4.78, 5) is 18.8. The molecule has 0 saturated carbocycles. The lowest BCUT2D eigenvalue weighted by molar-refractivity contribution is -0.121. The van der Waals surface area contributed by atoms with Crippen LogP contribution in [-0.4, -0.2) is 22.4 Å². The first kappa shape index (κ1) is 22.9. The van der Waals surface area contributed by atoms with Crippen molar-refractivity contribution in [1.82, 2.24) is 15.3 Å². The first-order valence-electron chi connectivity index (χ1n) is 10.5. The van der Waals surface area contributed by atoms with Crippen molar-refractivity contribution in [3.05, 3.63) is 54.7 Å². The number of nitrogens with one attached hydrogen (secondary N) is 2. The smallest absolute Gasteiger partial charge is 0.220 e. The van der Waals surface area contributed by atoms with E-state index in [0.717, 1.165) is 50.6 Å². The van der Waals surface area contributed by atoms with Crippen molar-refractivity contribution in [3.63, 3.8) is 0 Å². The number of rotatable bonds is 16. The number of hydrogen-bond acceptors (Lipinski definition) is 2. The maximum atomic E-state index is 11.8. The molecule has 0 spiro atoms. The Morgan fingerprint density at radius 1 is 1.00 bits per heavy atom. The van der Waals surface area contributed by atoms with E-state index in [4.69, 9.17) is 0 Å². The minimum atomic E-state index is 0.163. The fourth-order valence-electron chi connectivity index (χ4n) is 2.75. The van der Waals surface area contributed by atoms with E-state index in [2.05, 4.69) is 58.7 Å². The van der Waals surface area contributed by atoms with Crippen molar-refractivity contribution in [2.75, 3.05) is 6.54 Å². The Morgan fingerprint density at radius 2 is 1.70 bits per heavy atom. The summed E-state index contributed by atoms with van der Waals surface area (Å²) in [6.07, 6.45) is 28.6. The number of aromatic amines is 1. The summed E-state index contributed by atoms with van der Waals surface area (Å²) in [7, 11) is 0. The van der Waals surface area contributed by atoms with Crippen LogP contribution in [0.1, 0.15) is 76.8 Å². The maximum Gasteiger partial charge on any atom is 0.220 e. The van der Waals surface area contributed by atoms with Gasteiger partial charge < -0.3 is 10.3 Å². The van der Waals surface area contributed by atoms with E-state index in [9.17, 15) is 4.79 Å². The molecule has 4 heteroatoms. The molecule has 0 aliphatic carbocycles. The minimum absolute atomic E-state index is 0.163. The van der Waals surface area contributed by atoms with Gasteiger partial charge in [-0.2, -0.15) is 0 Å². The molecule has 0 radical (unpaired) electrons. The van der Waals surface area contributed by atoms with Crippen LogP contribution < -0.4 is 5.32 Å². The third kappa shape index (κ3) is 14.7. The van der Waals surface area contributed by atoms with Gasteiger partial charge >= 0.3 is 0 Å². The van der Waals surface area contributed by atoms with Gasteiger partial charge in [-0.05, 0) is 38.5 Å². The molecule has 0 atom stereocenters. The first-order valence-corrected chi connectivity index (χ1v) is 10.5. The van der Waals surface area contributed by atoms with Crippen LogP contribution in [0.5, 0.6) is 0 Å². The Hall–Kier alpha value is -2.10. The molecule has 0 unspecified atom stereocenters. The van der Waals surface area contributed by atoms with Crippen molar-refractivity contribution in [2.45, 2.75) is 77.6 Å². The maximum absolute atomic E-state index is 11.8. The number of unbranched alkanes of at least 4 members (excludes halogenated alkanes) is 5. The van der Waals surface area contributed by atoms with Gasteiger partial charge in [-0.3, -0.25) is 4.79 Å². The van der Waals surface area contributed by atoms with Gasteiger partial charge in [-0.1, -0.05) is 62.6 Å².